The molecule has 2 aliphatic heterocycles. The number of nitrogens with zero attached hydrogens (tertiary/aromatic N) is 3. The number of rotatable bonds is 8. The van der Waals surface area contributed by atoms with Crippen molar-refractivity contribution in [1.82, 2.24) is 20.4 Å². The van der Waals surface area contributed by atoms with Crippen LogP contribution in [0, 0.1) is 0 Å². The van der Waals surface area contributed by atoms with Gasteiger partial charge in [-0.2, -0.15) is 13.2 Å². The highest BCUT2D eigenvalue weighted by molar-refractivity contribution is 14.0. The standard InChI is InChI=1S/C21H32F3N5O2.HI/c1-25-20(27-18-6-7-29(15-18)16-21(22,23)24)26-14-17-4-2-3-5-19(17)31-13-10-28-8-11-30-12-9-28;/h2-5,18H,6-16H2,1H3,(H2,25,26,27);1H. The monoisotopic (exact) mass is 571 g/mol. The van der Waals surface area contributed by atoms with Gasteiger partial charge in [-0.3, -0.25) is 14.8 Å². The Morgan fingerprint density at radius 1 is 1.19 bits per heavy atom. The molecule has 2 fully saturated rings. The zero-order valence-corrected chi connectivity index (χ0v) is 20.7. The molecule has 2 N–H and O–H groups in total. The van der Waals surface area contributed by atoms with E-state index in [0.717, 1.165) is 44.2 Å². The van der Waals surface area contributed by atoms with Crippen LogP contribution in [0.4, 0.5) is 13.2 Å². The van der Waals surface area contributed by atoms with Crippen molar-refractivity contribution < 1.29 is 22.6 Å². The number of aliphatic imine (C=N–C) groups is 1. The van der Waals surface area contributed by atoms with Gasteiger partial charge in [-0.15, -0.1) is 24.0 Å². The molecular weight excluding hydrogens is 538 g/mol. The number of para-hydroxylation sites is 1. The van der Waals surface area contributed by atoms with Crippen LogP contribution in [-0.2, 0) is 11.3 Å². The Morgan fingerprint density at radius 3 is 2.66 bits per heavy atom. The first kappa shape index (κ1) is 26.9. The third kappa shape index (κ3) is 9.28. The fourth-order valence-electron chi connectivity index (χ4n) is 3.81. The van der Waals surface area contributed by atoms with Crippen LogP contribution < -0.4 is 15.4 Å². The average molecular weight is 571 g/mol. The van der Waals surface area contributed by atoms with E-state index in [1.807, 2.05) is 24.3 Å². The van der Waals surface area contributed by atoms with E-state index < -0.39 is 12.7 Å². The van der Waals surface area contributed by atoms with Crippen molar-refractivity contribution in [3.8, 4) is 5.75 Å². The number of benzene rings is 1. The third-order valence-electron chi connectivity index (χ3n) is 5.43. The number of ether oxygens (including phenoxy) is 2. The van der Waals surface area contributed by atoms with Crippen molar-refractivity contribution in [1.29, 1.82) is 0 Å². The van der Waals surface area contributed by atoms with Crippen LogP contribution in [0.15, 0.2) is 29.3 Å². The molecule has 0 spiro atoms. The molecule has 1 aromatic rings. The van der Waals surface area contributed by atoms with Crippen LogP contribution in [-0.4, -0.2) is 94.1 Å². The smallest absolute Gasteiger partial charge is 0.401 e. The number of likely N-dealkylation sites (tertiary alicyclic amines) is 1. The highest BCUT2D eigenvalue weighted by Crippen LogP contribution is 2.20. The third-order valence-corrected chi connectivity index (χ3v) is 5.43. The van der Waals surface area contributed by atoms with Gasteiger partial charge in [0, 0.05) is 57.9 Å². The number of hydrogen-bond donors (Lipinski definition) is 2. The summed E-state index contributed by atoms with van der Waals surface area (Å²) in [5, 5.41) is 6.47. The summed E-state index contributed by atoms with van der Waals surface area (Å²) in [4.78, 5) is 7.95. The molecule has 1 atom stereocenters. The predicted octanol–water partition coefficient (Wildman–Crippen LogP) is 2.32. The highest BCUT2D eigenvalue weighted by Gasteiger charge is 2.34. The molecule has 182 valence electrons. The Hall–Kier alpha value is -1.31. The maximum absolute atomic E-state index is 12.6. The molecule has 0 aromatic heterocycles. The highest BCUT2D eigenvalue weighted by atomic mass is 127. The fraction of sp³-hybridized carbons (Fsp3) is 0.667. The minimum absolute atomic E-state index is 0. The molecule has 2 saturated heterocycles. The van der Waals surface area contributed by atoms with E-state index in [1.54, 1.807) is 7.05 Å². The lowest BCUT2D eigenvalue weighted by Crippen LogP contribution is -2.45. The van der Waals surface area contributed by atoms with E-state index in [-0.39, 0.29) is 30.0 Å². The first-order valence-electron chi connectivity index (χ1n) is 10.7. The van der Waals surface area contributed by atoms with E-state index in [1.165, 1.54) is 4.90 Å². The molecule has 0 radical (unpaired) electrons. The minimum Gasteiger partial charge on any atom is -0.492 e. The van der Waals surface area contributed by atoms with E-state index in [9.17, 15) is 13.2 Å². The van der Waals surface area contributed by atoms with Crippen molar-refractivity contribution in [2.24, 2.45) is 4.99 Å². The van der Waals surface area contributed by atoms with Gasteiger partial charge < -0.3 is 20.1 Å². The summed E-state index contributed by atoms with van der Waals surface area (Å²) < 4.78 is 49.1. The SMILES string of the molecule is CN=C(NCc1ccccc1OCCN1CCOCC1)NC1CCN(CC(F)(F)F)C1.I. The van der Waals surface area contributed by atoms with Crippen LogP contribution in [0.2, 0.25) is 0 Å². The zero-order chi connectivity index (χ0) is 22.1. The first-order chi connectivity index (χ1) is 14.9. The second-order valence-corrected chi connectivity index (χ2v) is 7.82. The van der Waals surface area contributed by atoms with E-state index in [0.29, 0.717) is 38.6 Å². The molecule has 1 unspecified atom stereocenters. The van der Waals surface area contributed by atoms with Crippen molar-refractivity contribution in [2.75, 3.05) is 66.1 Å². The van der Waals surface area contributed by atoms with Crippen LogP contribution in [0.25, 0.3) is 0 Å². The summed E-state index contributed by atoms with van der Waals surface area (Å²) in [5.74, 6) is 1.39. The van der Waals surface area contributed by atoms with Crippen molar-refractivity contribution in [2.45, 2.75) is 25.2 Å². The lowest BCUT2D eigenvalue weighted by molar-refractivity contribution is -0.143. The van der Waals surface area contributed by atoms with Gasteiger partial charge in [0.25, 0.3) is 0 Å². The van der Waals surface area contributed by atoms with Gasteiger partial charge in [0.1, 0.15) is 12.4 Å². The van der Waals surface area contributed by atoms with Crippen molar-refractivity contribution in [3.63, 3.8) is 0 Å². The number of halogens is 4. The maximum atomic E-state index is 12.6. The number of guanidine groups is 1. The molecule has 11 heteroatoms. The van der Waals surface area contributed by atoms with Gasteiger partial charge in [-0.05, 0) is 12.5 Å². The predicted molar refractivity (Wildman–Crippen MR) is 129 cm³/mol. The van der Waals surface area contributed by atoms with Gasteiger partial charge in [0.2, 0.25) is 0 Å². The molecule has 32 heavy (non-hydrogen) atoms. The van der Waals surface area contributed by atoms with E-state index >= 15 is 0 Å². The second-order valence-electron chi connectivity index (χ2n) is 7.82. The van der Waals surface area contributed by atoms with Crippen molar-refractivity contribution >= 4 is 29.9 Å². The van der Waals surface area contributed by atoms with Gasteiger partial charge in [-0.25, -0.2) is 0 Å². The lowest BCUT2D eigenvalue weighted by atomic mass is 10.2. The average Bonchev–Trinajstić information content (AvgIpc) is 3.17. The Morgan fingerprint density at radius 2 is 1.94 bits per heavy atom. The summed E-state index contributed by atoms with van der Waals surface area (Å²) in [6.45, 7) is 5.25. The summed E-state index contributed by atoms with van der Waals surface area (Å²) >= 11 is 0. The lowest BCUT2D eigenvalue weighted by Gasteiger charge is -2.26. The quantitative estimate of drug-likeness (QED) is 0.284. The second kappa shape index (κ2) is 13.4. The van der Waals surface area contributed by atoms with Crippen LogP contribution in [0.3, 0.4) is 0 Å². The summed E-state index contributed by atoms with van der Waals surface area (Å²) in [7, 11) is 1.66. The molecule has 3 rings (SSSR count). The topological polar surface area (TPSA) is 61.4 Å². The summed E-state index contributed by atoms with van der Waals surface area (Å²) in [5.41, 5.74) is 0.998. The van der Waals surface area contributed by atoms with Gasteiger partial charge in [0.05, 0.1) is 19.8 Å². The number of hydrogen-bond acceptors (Lipinski definition) is 5. The molecule has 0 bridgehead atoms. The molecule has 1 aromatic carbocycles. The minimum atomic E-state index is -4.17. The Kier molecular flexibility index (Phi) is 11.3. The molecule has 2 heterocycles. The summed E-state index contributed by atoms with van der Waals surface area (Å²) in [6.07, 6.45) is -3.52. The number of nitrogens with one attached hydrogen (secondary N) is 2. The van der Waals surface area contributed by atoms with Crippen LogP contribution in [0.5, 0.6) is 5.75 Å². The molecule has 0 amide bonds. The first-order valence-corrected chi connectivity index (χ1v) is 10.7. The summed E-state index contributed by atoms with van der Waals surface area (Å²) in [6, 6.07) is 7.76. The largest absolute Gasteiger partial charge is 0.492 e. The molecule has 0 aliphatic carbocycles. The van der Waals surface area contributed by atoms with Crippen LogP contribution in [0.1, 0.15) is 12.0 Å². The fourth-order valence-corrected chi connectivity index (χ4v) is 3.81. The normalized spacial score (nSPS) is 20.6. The van der Waals surface area contributed by atoms with Gasteiger partial charge >= 0.3 is 6.18 Å². The van der Waals surface area contributed by atoms with Crippen LogP contribution >= 0.6 is 24.0 Å². The van der Waals surface area contributed by atoms with Crippen molar-refractivity contribution in [3.05, 3.63) is 29.8 Å². The van der Waals surface area contributed by atoms with E-state index in [2.05, 4.69) is 20.5 Å². The Labute approximate surface area is 204 Å². The molecule has 2 aliphatic rings. The van der Waals surface area contributed by atoms with Gasteiger partial charge in [0.15, 0.2) is 5.96 Å². The molecule has 0 saturated carbocycles. The molecule has 7 nitrogen and oxygen atoms in total. The number of alkyl halides is 3. The zero-order valence-electron chi connectivity index (χ0n) is 18.4. The number of morpholine rings is 1. The Balaban J connectivity index is 0.00000363. The van der Waals surface area contributed by atoms with E-state index in [4.69, 9.17) is 9.47 Å². The Bertz CT molecular complexity index is 717. The maximum Gasteiger partial charge on any atom is 0.401 e. The van der Waals surface area contributed by atoms with Gasteiger partial charge in [-0.1, -0.05) is 18.2 Å². The molecular formula is C21H33F3IN5O2.